The zero-order valence-corrected chi connectivity index (χ0v) is 97.7. The van der Waals surface area contributed by atoms with Crippen LogP contribution in [0.3, 0.4) is 0 Å². The minimum Gasteiger partial charge on any atom is -0.497 e. The van der Waals surface area contributed by atoms with Crippen molar-refractivity contribution < 1.29 is 124 Å². The van der Waals surface area contributed by atoms with E-state index in [0.717, 1.165) is 33.3 Å². The largest absolute Gasteiger partial charge is 0.497 e. The van der Waals surface area contributed by atoms with Crippen LogP contribution in [-0.4, -0.2) is 184 Å². The second kappa shape index (κ2) is 68.7. The molecule has 12 atom stereocenters. The summed E-state index contributed by atoms with van der Waals surface area (Å²) in [7, 11) is 0.279. The Balaban J connectivity index is 0.000000824. The van der Waals surface area contributed by atoms with Crippen molar-refractivity contribution in [3.05, 3.63) is 242 Å². The van der Waals surface area contributed by atoms with Crippen molar-refractivity contribution in [2.45, 2.75) is 144 Å². The average molecular weight is 2480 g/mol. The third-order valence-corrected chi connectivity index (χ3v) is 38.1. The number of carbonyl (C=O) groups is 4. The number of halogens is 9. The Morgan fingerprint density at radius 2 is 0.529 bits per heavy atom. The van der Waals surface area contributed by atoms with Crippen LogP contribution >= 0.6 is 110 Å². The number of hydrogen-bond donors (Lipinski definition) is 0. The molecule has 0 amide bonds. The van der Waals surface area contributed by atoms with Gasteiger partial charge in [0.05, 0.1) is 157 Å². The summed E-state index contributed by atoms with van der Waals surface area (Å²) in [6, 6.07) is 63.3. The summed E-state index contributed by atoms with van der Waals surface area (Å²) < 4.78 is 232. The number of carbonyl (C=O) groups excluding carboxylic acids is 4. The summed E-state index contributed by atoms with van der Waals surface area (Å²) >= 11 is 35.3. The number of methoxy groups -OCH3 is 10. The SMILES string of the molecule is COc1ccc(S(=O)C(Cl)(Cl)[13C](C)=O)cc1.COc1ccc(S(=O)[13C](Br)(Br)C(C)=O)cc1.COc1ccc(S(=O)[13C](Br)(Br)[13C](C)=O)cc1.COc1ccc(S(=O)[13C](Cl)(Cl)[13C](C)=O)cc1.COc1ccc(S(C)=O)cc1.COc1ccc(S(C)=O)cc1.[1H][13C@@]([2H])(C)S(=O)c1ccc(OC)cc1.[1H][13C@@]([2H])(C)S(=O)c1ccc(OC)cc1CF.[1H][13C]([1H])(C)S(=O)c1ccc(OC)cc1.[1H][13C]([1H])(C)S(=O)c1ccc(OC)cc1CC(C)C. The maximum Gasteiger partial charge on any atom is 0.253 e. The summed E-state index contributed by atoms with van der Waals surface area (Å²) in [5.74, 6) is 5.51. The van der Waals surface area contributed by atoms with Gasteiger partial charge in [0.2, 0.25) is 5.13 Å². The molecule has 0 bridgehead atoms. The lowest BCUT2D eigenvalue weighted by Gasteiger charge is -2.16. The molecule has 0 radical (unpaired) electrons. The van der Waals surface area contributed by atoms with Gasteiger partial charge in [-0.15, -0.1) is 0 Å². The van der Waals surface area contributed by atoms with Crippen molar-refractivity contribution in [1.82, 2.24) is 0 Å². The van der Waals surface area contributed by atoms with E-state index in [0.29, 0.717) is 86.2 Å². The van der Waals surface area contributed by atoms with E-state index in [2.05, 4.69) is 77.6 Å². The quantitative estimate of drug-likeness (QED) is 0.0263. The lowest BCUT2D eigenvalue weighted by molar-refractivity contribution is -0.116. The van der Waals surface area contributed by atoms with Gasteiger partial charge in [0, 0.05) is 122 Å². The Morgan fingerprint density at radius 1 is 0.321 bits per heavy atom. The summed E-state index contributed by atoms with van der Waals surface area (Å²) in [6.45, 7) is 13.6. The van der Waals surface area contributed by atoms with Crippen LogP contribution in [0.5, 0.6) is 57.5 Å². The van der Waals surface area contributed by atoms with Crippen molar-refractivity contribution in [3.63, 3.8) is 0 Å². The van der Waals surface area contributed by atoms with Gasteiger partial charge in [-0.05, 0) is 340 Å². The number of Topliss-reactive ketones (excluding diaryl/α,β-unsaturated/α-hetero) is 4. The molecule has 0 aliphatic carbocycles. The standard InChI is InChI=1S/C13H20O2S.2C10H10Br2O3S.2C10H10Cl2O3S.C10H13FO2S.2C9H12O2S.2C8H10O2S/c1-5-16(14)13-7-6-12(15-4)9-11(13)8-10(2)3;4*1-7(13)10(11,12)16(14)9-5-3-8(15-2)4-6-9;1-3-14(12)10-5-4-9(13-2)6-8(10)7-11;2*1-3-12(10)9-6-4-8(11-2)5-7-9;2*1-10-7-3-5-8(6-4-7)11(2)9/h6-7,9-10H,5,8H2,1-4H3;4*3-6H,1-2H3;4-6H,3,7H2,1-2H3;2*4-7H,3H2,1-2H3;2*3-6H,1-2H3/i5+1H2;7+1,10+1;10+1;7+1,10+1;7+1;2*3+1DH;3+1H2;;/t;;;;;3-,14?;3-,12?;;;/m.....11.../s1. The molecule has 0 N–H and O–H groups in total. The molecule has 0 heterocycles. The molecule has 0 saturated heterocycles. The molecule has 0 aliphatic heterocycles. The van der Waals surface area contributed by atoms with E-state index in [9.17, 15) is 65.7 Å². The van der Waals surface area contributed by atoms with Gasteiger partial charge >= 0.3 is 0 Å². The summed E-state index contributed by atoms with van der Waals surface area (Å²) in [4.78, 5) is 50.0. The van der Waals surface area contributed by atoms with Crippen molar-refractivity contribution >= 4 is 241 Å². The highest BCUT2D eigenvalue weighted by molar-refractivity contribution is 9.28. The van der Waals surface area contributed by atoms with E-state index < -0.39 is 162 Å². The van der Waals surface area contributed by atoms with Crippen LogP contribution in [0.4, 0.5) is 4.39 Å². The number of ketones is 4. The van der Waals surface area contributed by atoms with E-state index >= 15 is 0 Å². The smallest absolute Gasteiger partial charge is 0.253 e. The molecule has 0 saturated carbocycles. The van der Waals surface area contributed by atoms with E-state index in [-0.39, 0.29) is 22.0 Å². The molecule has 10 aromatic carbocycles. The molecular formula is C97H117Br4Cl4FO24S10. The Morgan fingerprint density at radius 3 is 0.729 bits per heavy atom. The highest BCUT2D eigenvalue weighted by Gasteiger charge is 2.41. The molecular weight excluding hydrogens is 2360 g/mol. The highest BCUT2D eigenvalue weighted by Crippen LogP contribution is 2.39. The molecule has 10 unspecified atom stereocenters. The predicted molar refractivity (Wildman–Crippen MR) is 584 cm³/mol. The molecule has 0 aromatic heterocycles. The number of hydrogen-bond acceptors (Lipinski definition) is 24. The number of ether oxygens (including phenoxy) is 10. The molecule has 0 aliphatic rings. The van der Waals surface area contributed by atoms with Gasteiger partial charge in [0.15, 0.2) is 23.1 Å². The first kappa shape index (κ1) is 117. The molecule has 772 valence electrons. The third-order valence-electron chi connectivity index (χ3n) is 17.4. The van der Waals surface area contributed by atoms with Crippen molar-refractivity contribution in [2.75, 3.05) is 106 Å². The molecule has 140 heavy (non-hydrogen) atoms. The fourth-order valence-corrected chi connectivity index (χ4v) is 20.6. The number of rotatable bonds is 35. The molecule has 24 nitrogen and oxygen atoms in total. The second-order valence-electron chi connectivity index (χ2n) is 27.2. The Bertz CT molecular complexity index is 5700. The van der Waals surface area contributed by atoms with E-state index in [1.54, 1.807) is 269 Å². The minimum absolute atomic E-state index is 0.177. The Kier molecular flexibility index (Phi) is 57.4. The zero-order chi connectivity index (χ0) is 114. The Hall–Kier alpha value is -6.61. The molecule has 43 heteroatoms. The lowest BCUT2D eigenvalue weighted by atomic mass is 10.0. The summed E-state index contributed by atoms with van der Waals surface area (Å²) in [5.41, 5.74) is -5.96. The first-order valence-electron chi connectivity index (χ1n) is 44.2. The van der Waals surface area contributed by atoms with Crippen LogP contribution in [0, 0.1) is 5.92 Å². The third kappa shape index (κ3) is 45.6. The first-order valence-corrected chi connectivity index (χ1v) is 57.2. The molecule has 0 fully saturated rings. The van der Waals surface area contributed by atoms with Crippen LogP contribution in [0.15, 0.2) is 279 Å². The fourth-order valence-electron chi connectivity index (χ4n) is 9.73. The van der Waals surface area contributed by atoms with Gasteiger partial charge in [-0.25, -0.2) is 4.39 Å². The number of benzene rings is 10. The van der Waals surface area contributed by atoms with E-state index in [1.807, 2.05) is 6.07 Å². The normalized spacial score (nSPS) is 14.8. The fraction of sp³-hybridized carbons (Fsp3) is 0.340. The van der Waals surface area contributed by atoms with Crippen LogP contribution in [0.25, 0.3) is 0 Å². The maximum absolute atomic E-state index is 12.7. The average Bonchev–Trinajstić information content (AvgIpc) is 0.844. The van der Waals surface area contributed by atoms with E-state index in [4.69, 9.17) is 105 Å². The highest BCUT2D eigenvalue weighted by atomic mass is 79.9. The monoisotopic (exact) mass is 2470 g/mol. The minimum atomic E-state index is -1.91. The van der Waals surface area contributed by atoms with Crippen LogP contribution in [0.2, 0.25) is 0 Å². The lowest BCUT2D eigenvalue weighted by Crippen LogP contribution is -2.28. The van der Waals surface area contributed by atoms with Gasteiger partial charge in [-0.2, -0.15) is 0 Å². The van der Waals surface area contributed by atoms with Crippen molar-refractivity contribution in [2.24, 2.45) is 5.92 Å². The van der Waals surface area contributed by atoms with Crippen LogP contribution in [-0.2, 0) is 140 Å². The zero-order valence-electron chi connectivity index (χ0n) is 88.2. The first-order chi connectivity index (χ1) is 68.6. The van der Waals surface area contributed by atoms with Crippen molar-refractivity contribution in [1.29, 1.82) is 0 Å². The topological polar surface area (TPSA) is 331 Å². The summed E-state index contributed by atoms with van der Waals surface area (Å²) in [5, 5.41) is 0. The maximum atomic E-state index is 12.7. The van der Waals surface area contributed by atoms with Gasteiger partial charge in [-0.1, -0.05) is 87.9 Å². The van der Waals surface area contributed by atoms with Gasteiger partial charge in [0.1, 0.15) is 64.2 Å². The van der Waals surface area contributed by atoms with Crippen LogP contribution in [0.1, 0.15) is 91.3 Å². The van der Waals surface area contributed by atoms with Gasteiger partial charge in [-0.3, -0.25) is 61.3 Å². The number of alkyl halides is 9. The Labute approximate surface area is 911 Å². The van der Waals surface area contributed by atoms with Gasteiger partial charge in [0.25, 0.3) is 7.33 Å². The van der Waals surface area contributed by atoms with E-state index in [1.165, 1.54) is 94.9 Å². The van der Waals surface area contributed by atoms with Crippen LogP contribution < -0.4 is 47.4 Å². The second-order valence-corrected chi connectivity index (χ2v) is 54.6. The van der Waals surface area contributed by atoms with Crippen molar-refractivity contribution in [3.8, 4) is 57.5 Å². The summed E-state index contributed by atoms with van der Waals surface area (Å²) in [6.07, 6.45) is 4.07. The molecule has 0 spiro atoms. The predicted octanol–water partition coefficient (Wildman–Crippen LogP) is 22.5. The van der Waals surface area contributed by atoms with Gasteiger partial charge < -0.3 is 47.4 Å². The molecule has 10 aromatic rings. The molecule has 10 rings (SSSR count).